The van der Waals surface area contributed by atoms with Gasteiger partial charge in [-0.2, -0.15) is 0 Å². The van der Waals surface area contributed by atoms with Crippen LogP contribution in [0.25, 0.3) is 17.0 Å². The molecule has 0 aliphatic heterocycles. The van der Waals surface area contributed by atoms with Gasteiger partial charge in [-0.15, -0.1) is 0 Å². The number of aromatic nitrogens is 3. The third kappa shape index (κ3) is 2.69. The van der Waals surface area contributed by atoms with Crippen molar-refractivity contribution in [3.8, 4) is 11.4 Å². The minimum atomic E-state index is 0.544. The Bertz CT molecular complexity index is 836. The largest absolute Gasteiger partial charge is 0.367 e. The number of fused-ring (bicyclic) bond motifs is 1. The number of pyridine rings is 2. The lowest BCUT2D eigenvalue weighted by atomic mass is 10.1. The number of anilines is 1. The van der Waals surface area contributed by atoms with Gasteiger partial charge in [0.2, 0.25) is 0 Å². The Labute approximate surface area is 136 Å². The third-order valence-electron chi connectivity index (χ3n) is 4.88. The van der Waals surface area contributed by atoms with Gasteiger partial charge in [0.05, 0.1) is 17.6 Å². The number of imidazole rings is 1. The number of nitrogens with one attached hydrogen (secondary N) is 1. The van der Waals surface area contributed by atoms with Crippen molar-refractivity contribution in [3.05, 3.63) is 48.3 Å². The molecular formula is C19H22N4. The van der Waals surface area contributed by atoms with E-state index in [1.54, 1.807) is 0 Å². The summed E-state index contributed by atoms with van der Waals surface area (Å²) < 4.78 is 2.09. The Morgan fingerprint density at radius 2 is 2.13 bits per heavy atom. The lowest BCUT2D eigenvalue weighted by Gasteiger charge is -2.18. The van der Waals surface area contributed by atoms with Gasteiger partial charge >= 0.3 is 0 Å². The molecule has 0 saturated heterocycles. The summed E-state index contributed by atoms with van der Waals surface area (Å²) in [5, 5.41) is 3.61. The standard InChI is InChI=1S/C19H22N4/c1-13-9-10-23-17(12-20-19(23)11-13)16-7-4-8-18(22-16)21-15-6-3-5-14(15)2/h4,7-12,14-15H,3,5-6H2,1-2H3,(H,21,22)/t14-,15-/m0/s1. The second kappa shape index (κ2) is 5.69. The van der Waals surface area contributed by atoms with E-state index in [1.165, 1.54) is 24.8 Å². The summed E-state index contributed by atoms with van der Waals surface area (Å²) in [5.74, 6) is 1.68. The summed E-state index contributed by atoms with van der Waals surface area (Å²) in [7, 11) is 0. The van der Waals surface area contributed by atoms with Gasteiger partial charge in [0, 0.05) is 12.2 Å². The normalized spacial score (nSPS) is 21.0. The van der Waals surface area contributed by atoms with E-state index in [4.69, 9.17) is 4.98 Å². The zero-order chi connectivity index (χ0) is 15.8. The van der Waals surface area contributed by atoms with Crippen molar-refractivity contribution >= 4 is 11.5 Å². The van der Waals surface area contributed by atoms with E-state index in [1.807, 2.05) is 12.3 Å². The molecule has 1 fully saturated rings. The Kier molecular flexibility index (Phi) is 3.52. The van der Waals surface area contributed by atoms with Gasteiger partial charge in [-0.25, -0.2) is 9.97 Å². The second-order valence-corrected chi connectivity index (χ2v) is 6.64. The zero-order valence-electron chi connectivity index (χ0n) is 13.7. The first-order valence-electron chi connectivity index (χ1n) is 8.38. The minimum Gasteiger partial charge on any atom is -0.367 e. The first kappa shape index (κ1) is 14.2. The fraction of sp³-hybridized carbons (Fsp3) is 0.368. The smallest absolute Gasteiger partial charge is 0.137 e. The molecular weight excluding hydrogens is 284 g/mol. The SMILES string of the molecule is Cc1ccn2c(-c3cccc(N[C@H]4CCC[C@@H]4C)n3)cnc2c1. The molecule has 0 bridgehead atoms. The summed E-state index contributed by atoms with van der Waals surface area (Å²) in [6, 6.07) is 10.9. The number of aryl methyl sites for hydroxylation is 1. The van der Waals surface area contributed by atoms with Crippen LogP contribution in [-0.4, -0.2) is 20.4 Å². The van der Waals surface area contributed by atoms with Crippen LogP contribution in [0.2, 0.25) is 0 Å². The summed E-state index contributed by atoms with van der Waals surface area (Å²) in [5.41, 5.74) is 4.16. The van der Waals surface area contributed by atoms with E-state index in [-0.39, 0.29) is 0 Å². The minimum absolute atomic E-state index is 0.544. The van der Waals surface area contributed by atoms with Crippen molar-refractivity contribution in [3.63, 3.8) is 0 Å². The number of hydrogen-bond acceptors (Lipinski definition) is 3. The lowest BCUT2D eigenvalue weighted by Crippen LogP contribution is -2.22. The van der Waals surface area contributed by atoms with Crippen LogP contribution in [0.15, 0.2) is 42.7 Å². The van der Waals surface area contributed by atoms with Crippen LogP contribution in [0.1, 0.15) is 31.7 Å². The number of hydrogen-bond donors (Lipinski definition) is 1. The molecule has 3 heterocycles. The first-order chi connectivity index (χ1) is 11.2. The molecule has 0 amide bonds. The Morgan fingerprint density at radius 3 is 2.96 bits per heavy atom. The third-order valence-corrected chi connectivity index (χ3v) is 4.88. The summed E-state index contributed by atoms with van der Waals surface area (Å²) in [6.45, 7) is 4.40. The summed E-state index contributed by atoms with van der Waals surface area (Å²) >= 11 is 0. The first-order valence-corrected chi connectivity index (χ1v) is 8.38. The van der Waals surface area contributed by atoms with Crippen molar-refractivity contribution in [2.24, 2.45) is 5.92 Å². The maximum absolute atomic E-state index is 4.81. The van der Waals surface area contributed by atoms with E-state index in [0.29, 0.717) is 6.04 Å². The van der Waals surface area contributed by atoms with Gasteiger partial charge in [0.15, 0.2) is 0 Å². The maximum Gasteiger partial charge on any atom is 0.137 e. The second-order valence-electron chi connectivity index (χ2n) is 6.64. The Morgan fingerprint density at radius 1 is 1.22 bits per heavy atom. The molecule has 0 spiro atoms. The highest BCUT2D eigenvalue weighted by Gasteiger charge is 2.23. The zero-order valence-corrected chi connectivity index (χ0v) is 13.7. The van der Waals surface area contributed by atoms with Crippen molar-refractivity contribution in [1.82, 2.24) is 14.4 Å². The van der Waals surface area contributed by atoms with Crippen LogP contribution < -0.4 is 5.32 Å². The van der Waals surface area contributed by atoms with Gasteiger partial charge in [-0.05, 0) is 55.5 Å². The molecule has 2 atom stereocenters. The monoisotopic (exact) mass is 306 g/mol. The van der Waals surface area contributed by atoms with Gasteiger partial charge in [-0.3, -0.25) is 4.40 Å². The van der Waals surface area contributed by atoms with E-state index in [2.05, 4.69) is 59.0 Å². The molecule has 3 aromatic heterocycles. The average molecular weight is 306 g/mol. The fourth-order valence-corrected chi connectivity index (χ4v) is 3.48. The van der Waals surface area contributed by atoms with Gasteiger partial charge < -0.3 is 5.32 Å². The summed E-state index contributed by atoms with van der Waals surface area (Å²) in [6.07, 6.45) is 7.82. The van der Waals surface area contributed by atoms with Crippen molar-refractivity contribution in [2.75, 3.05) is 5.32 Å². The van der Waals surface area contributed by atoms with Crippen LogP contribution in [0.5, 0.6) is 0 Å². The average Bonchev–Trinajstić information content (AvgIpc) is 3.14. The highest BCUT2D eigenvalue weighted by atomic mass is 15.1. The number of rotatable bonds is 3. The Hall–Kier alpha value is -2.36. The van der Waals surface area contributed by atoms with Crippen LogP contribution in [0.3, 0.4) is 0 Å². The molecule has 0 aromatic carbocycles. The molecule has 0 unspecified atom stereocenters. The molecule has 4 rings (SSSR count). The van der Waals surface area contributed by atoms with Gasteiger partial charge in [0.1, 0.15) is 11.5 Å². The van der Waals surface area contributed by atoms with E-state index in [0.717, 1.165) is 28.8 Å². The highest BCUT2D eigenvalue weighted by molar-refractivity contribution is 5.62. The molecule has 3 aromatic rings. The maximum atomic E-state index is 4.81. The summed E-state index contributed by atoms with van der Waals surface area (Å²) in [4.78, 5) is 9.32. The Balaban J connectivity index is 1.67. The molecule has 0 radical (unpaired) electrons. The van der Waals surface area contributed by atoms with Crippen LogP contribution in [0.4, 0.5) is 5.82 Å². The van der Waals surface area contributed by atoms with E-state index >= 15 is 0 Å². The molecule has 118 valence electrons. The van der Waals surface area contributed by atoms with E-state index in [9.17, 15) is 0 Å². The van der Waals surface area contributed by atoms with Gasteiger partial charge in [-0.1, -0.05) is 19.4 Å². The van der Waals surface area contributed by atoms with Crippen molar-refractivity contribution in [2.45, 2.75) is 39.2 Å². The molecule has 1 saturated carbocycles. The van der Waals surface area contributed by atoms with Crippen LogP contribution in [-0.2, 0) is 0 Å². The predicted molar refractivity (Wildman–Crippen MR) is 93.6 cm³/mol. The molecule has 4 heteroatoms. The van der Waals surface area contributed by atoms with Crippen LogP contribution in [0, 0.1) is 12.8 Å². The van der Waals surface area contributed by atoms with Crippen molar-refractivity contribution < 1.29 is 0 Å². The fourth-order valence-electron chi connectivity index (χ4n) is 3.48. The predicted octanol–water partition coefficient (Wildman–Crippen LogP) is 4.31. The molecule has 4 nitrogen and oxygen atoms in total. The topological polar surface area (TPSA) is 42.2 Å². The lowest BCUT2D eigenvalue weighted by molar-refractivity contribution is 0.555. The molecule has 1 N–H and O–H groups in total. The van der Waals surface area contributed by atoms with Crippen molar-refractivity contribution in [1.29, 1.82) is 0 Å². The van der Waals surface area contributed by atoms with Crippen LogP contribution >= 0.6 is 0 Å². The van der Waals surface area contributed by atoms with E-state index < -0.39 is 0 Å². The van der Waals surface area contributed by atoms with Gasteiger partial charge in [0.25, 0.3) is 0 Å². The number of nitrogens with zero attached hydrogens (tertiary/aromatic N) is 3. The molecule has 1 aliphatic rings. The molecule has 23 heavy (non-hydrogen) atoms. The highest BCUT2D eigenvalue weighted by Crippen LogP contribution is 2.28. The molecule has 1 aliphatic carbocycles. The quantitative estimate of drug-likeness (QED) is 0.784.